The van der Waals surface area contributed by atoms with Gasteiger partial charge < -0.3 is 5.73 Å². The molecule has 1 aromatic heterocycles. The molecule has 96 valence electrons. The van der Waals surface area contributed by atoms with Gasteiger partial charge in [0.05, 0.1) is 12.1 Å². The third kappa shape index (κ3) is 5.13. The number of hydrogen-bond acceptors (Lipinski definition) is 3. The number of hydrogen-bond donors (Lipinski definition) is 1. The highest BCUT2D eigenvalue weighted by atomic mass is 16.1. The molecule has 0 spiro atoms. The molecular weight excluding hydrogens is 214 g/mol. The van der Waals surface area contributed by atoms with E-state index in [9.17, 15) is 4.79 Å². The fourth-order valence-electron chi connectivity index (χ4n) is 1.84. The average molecular weight is 237 g/mol. The van der Waals surface area contributed by atoms with Gasteiger partial charge in [-0.15, -0.1) is 0 Å². The van der Waals surface area contributed by atoms with Crippen LogP contribution in [0.5, 0.6) is 0 Å². The maximum Gasteiger partial charge on any atom is 0.138 e. The lowest BCUT2D eigenvalue weighted by Crippen LogP contribution is -2.19. The van der Waals surface area contributed by atoms with E-state index in [4.69, 9.17) is 5.73 Å². The molecule has 0 aliphatic heterocycles. The summed E-state index contributed by atoms with van der Waals surface area (Å²) in [5.41, 5.74) is 6.57. The van der Waals surface area contributed by atoms with Crippen molar-refractivity contribution >= 4 is 5.78 Å². The Balaban J connectivity index is 2.35. The van der Waals surface area contributed by atoms with Crippen LogP contribution in [-0.4, -0.2) is 22.1 Å². The van der Waals surface area contributed by atoms with E-state index in [-0.39, 0.29) is 11.2 Å². The molecule has 0 aliphatic rings. The van der Waals surface area contributed by atoms with Crippen molar-refractivity contribution in [2.24, 2.45) is 18.2 Å². The predicted molar refractivity (Wildman–Crippen MR) is 68.6 cm³/mol. The molecule has 0 fully saturated rings. The van der Waals surface area contributed by atoms with Crippen molar-refractivity contribution in [3.05, 3.63) is 18.0 Å². The van der Waals surface area contributed by atoms with Crippen LogP contribution in [-0.2, 0) is 18.3 Å². The molecular formula is C13H23N3O. The number of aromatic nitrogens is 2. The van der Waals surface area contributed by atoms with Crippen LogP contribution in [0, 0.1) is 5.41 Å². The van der Waals surface area contributed by atoms with E-state index in [1.807, 2.05) is 19.3 Å². The highest BCUT2D eigenvalue weighted by Crippen LogP contribution is 2.26. The molecule has 0 atom stereocenters. The third-order valence-electron chi connectivity index (χ3n) is 3.05. The van der Waals surface area contributed by atoms with Gasteiger partial charge in [-0.3, -0.25) is 9.48 Å². The van der Waals surface area contributed by atoms with Crippen molar-refractivity contribution < 1.29 is 4.79 Å². The molecule has 0 aliphatic carbocycles. The number of Topliss-reactive ketones (excluding diaryl/α,β-unsaturated/α-hetero) is 1. The van der Waals surface area contributed by atoms with E-state index in [1.54, 1.807) is 4.68 Å². The Morgan fingerprint density at radius 3 is 2.71 bits per heavy atom. The van der Waals surface area contributed by atoms with Crippen LogP contribution in [0.15, 0.2) is 12.3 Å². The quantitative estimate of drug-likeness (QED) is 0.785. The van der Waals surface area contributed by atoms with Crippen molar-refractivity contribution in [1.29, 1.82) is 0 Å². The zero-order valence-electron chi connectivity index (χ0n) is 11.1. The van der Waals surface area contributed by atoms with Gasteiger partial charge in [0, 0.05) is 19.7 Å². The molecule has 0 saturated heterocycles. The Bertz CT molecular complexity index is 368. The number of nitrogens with zero attached hydrogens (tertiary/aromatic N) is 2. The van der Waals surface area contributed by atoms with E-state index >= 15 is 0 Å². The van der Waals surface area contributed by atoms with Crippen LogP contribution in [0.25, 0.3) is 0 Å². The molecule has 0 saturated carbocycles. The third-order valence-corrected chi connectivity index (χ3v) is 3.05. The van der Waals surface area contributed by atoms with E-state index in [0.29, 0.717) is 19.4 Å². The lowest BCUT2D eigenvalue weighted by Gasteiger charge is -2.23. The molecule has 1 heterocycles. The first-order valence-corrected chi connectivity index (χ1v) is 6.13. The summed E-state index contributed by atoms with van der Waals surface area (Å²) in [4.78, 5) is 11.8. The molecule has 4 heteroatoms. The van der Waals surface area contributed by atoms with Crippen LogP contribution < -0.4 is 5.73 Å². The highest BCUT2D eigenvalue weighted by molar-refractivity contribution is 5.80. The largest absolute Gasteiger partial charge is 0.330 e. The molecule has 0 amide bonds. The van der Waals surface area contributed by atoms with Crippen molar-refractivity contribution in [2.45, 2.75) is 39.5 Å². The second-order valence-corrected chi connectivity index (χ2v) is 5.40. The molecule has 2 N–H and O–H groups in total. The molecule has 0 bridgehead atoms. The second kappa shape index (κ2) is 5.96. The summed E-state index contributed by atoms with van der Waals surface area (Å²) >= 11 is 0. The Labute approximate surface area is 103 Å². The van der Waals surface area contributed by atoms with Gasteiger partial charge in [0.2, 0.25) is 0 Å². The molecule has 4 nitrogen and oxygen atoms in total. The van der Waals surface area contributed by atoms with Gasteiger partial charge in [0.25, 0.3) is 0 Å². The predicted octanol–water partition coefficient (Wildman–Crippen LogP) is 1.69. The molecule has 1 aromatic rings. The van der Waals surface area contributed by atoms with Gasteiger partial charge in [0.15, 0.2) is 0 Å². The fourth-order valence-corrected chi connectivity index (χ4v) is 1.84. The lowest BCUT2D eigenvalue weighted by atomic mass is 9.83. The van der Waals surface area contributed by atoms with E-state index < -0.39 is 0 Å². The average Bonchev–Trinajstić information content (AvgIpc) is 2.61. The van der Waals surface area contributed by atoms with Crippen LogP contribution in [0.2, 0.25) is 0 Å². The monoisotopic (exact) mass is 237 g/mol. The van der Waals surface area contributed by atoms with E-state index in [1.165, 1.54) is 0 Å². The summed E-state index contributed by atoms with van der Waals surface area (Å²) in [5.74, 6) is 0.258. The normalized spacial score (nSPS) is 11.8. The summed E-state index contributed by atoms with van der Waals surface area (Å²) in [6, 6.07) is 1.89. The number of ketones is 1. The minimum absolute atomic E-state index is 0.161. The second-order valence-electron chi connectivity index (χ2n) is 5.40. The summed E-state index contributed by atoms with van der Waals surface area (Å²) in [6.45, 7) is 5.00. The van der Waals surface area contributed by atoms with Crippen molar-refractivity contribution in [3.8, 4) is 0 Å². The minimum atomic E-state index is 0.161. The molecule has 0 radical (unpaired) electrons. The Kier molecular flexibility index (Phi) is 4.87. The first-order chi connectivity index (χ1) is 7.93. The number of aryl methyl sites for hydroxylation is 1. The number of nitrogens with two attached hydrogens (primary N) is 1. The zero-order valence-corrected chi connectivity index (χ0v) is 11.1. The topological polar surface area (TPSA) is 60.9 Å². The molecule has 0 unspecified atom stereocenters. The van der Waals surface area contributed by atoms with Gasteiger partial charge in [0.1, 0.15) is 5.78 Å². The summed E-state index contributed by atoms with van der Waals surface area (Å²) in [6.07, 6.45) is 4.78. The summed E-state index contributed by atoms with van der Waals surface area (Å²) in [5, 5.41) is 4.21. The van der Waals surface area contributed by atoms with Crippen LogP contribution in [0.3, 0.4) is 0 Å². The molecule has 17 heavy (non-hydrogen) atoms. The smallest absolute Gasteiger partial charge is 0.138 e. The number of carbonyl (C=O) groups excluding carboxylic acids is 1. The van der Waals surface area contributed by atoms with Crippen molar-refractivity contribution in [1.82, 2.24) is 9.78 Å². The van der Waals surface area contributed by atoms with Gasteiger partial charge in [-0.25, -0.2) is 0 Å². The standard InChI is InChI=1S/C13H23N3O/c1-13(2,7-8-14)6-4-12(17)10-11-5-9-16(3)15-11/h5,9H,4,6-8,10,14H2,1-3H3. The highest BCUT2D eigenvalue weighted by Gasteiger charge is 2.18. The lowest BCUT2D eigenvalue weighted by molar-refractivity contribution is -0.119. The van der Waals surface area contributed by atoms with Gasteiger partial charge in [-0.1, -0.05) is 13.8 Å². The van der Waals surface area contributed by atoms with Crippen LogP contribution in [0.4, 0.5) is 0 Å². The fraction of sp³-hybridized carbons (Fsp3) is 0.692. The van der Waals surface area contributed by atoms with Crippen LogP contribution >= 0.6 is 0 Å². The maximum absolute atomic E-state index is 11.8. The zero-order chi connectivity index (χ0) is 12.9. The van der Waals surface area contributed by atoms with E-state index in [0.717, 1.165) is 18.5 Å². The van der Waals surface area contributed by atoms with Crippen molar-refractivity contribution in [3.63, 3.8) is 0 Å². The number of carbonyl (C=O) groups is 1. The first kappa shape index (κ1) is 13.9. The van der Waals surface area contributed by atoms with Gasteiger partial charge in [-0.2, -0.15) is 5.10 Å². The molecule has 0 aromatic carbocycles. The summed E-state index contributed by atoms with van der Waals surface area (Å²) in [7, 11) is 1.86. The number of rotatable bonds is 7. The maximum atomic E-state index is 11.8. The Morgan fingerprint density at radius 2 is 2.18 bits per heavy atom. The van der Waals surface area contributed by atoms with Gasteiger partial charge in [-0.05, 0) is 30.9 Å². The van der Waals surface area contributed by atoms with Gasteiger partial charge >= 0.3 is 0 Å². The summed E-state index contributed by atoms with van der Waals surface area (Å²) < 4.78 is 1.72. The Morgan fingerprint density at radius 1 is 1.47 bits per heavy atom. The van der Waals surface area contributed by atoms with Crippen molar-refractivity contribution in [2.75, 3.05) is 6.54 Å². The van der Waals surface area contributed by atoms with Crippen LogP contribution in [0.1, 0.15) is 38.8 Å². The van der Waals surface area contributed by atoms with E-state index in [2.05, 4.69) is 18.9 Å². The first-order valence-electron chi connectivity index (χ1n) is 6.13. The minimum Gasteiger partial charge on any atom is -0.330 e. The molecule has 1 rings (SSSR count). The Hall–Kier alpha value is -1.16. The SMILES string of the molecule is Cn1ccc(CC(=O)CCC(C)(C)CCN)n1.